The first-order valence-electron chi connectivity index (χ1n) is 7.06. The fraction of sp³-hybridized carbons (Fsp3) is 0.357. The number of rotatable bonds is 2. The molecule has 2 aromatic heterocycles. The molecule has 9 nitrogen and oxygen atoms in total. The number of aliphatic imine (C=N–C) groups is 1. The van der Waals surface area contributed by atoms with E-state index in [0.29, 0.717) is 25.1 Å². The third-order valence-corrected chi connectivity index (χ3v) is 4.92. The van der Waals surface area contributed by atoms with Gasteiger partial charge < -0.3 is 10.0 Å². The van der Waals surface area contributed by atoms with Gasteiger partial charge in [-0.25, -0.2) is 9.79 Å². The fourth-order valence-electron chi connectivity index (χ4n) is 2.57. The highest BCUT2D eigenvalue weighted by Gasteiger charge is 2.26. The van der Waals surface area contributed by atoms with Crippen LogP contribution in [-0.2, 0) is 24.8 Å². The number of aromatic amines is 1. The molecule has 0 atom stereocenters. The smallest absolute Gasteiger partial charge is 0.435 e. The average Bonchev–Trinajstić information content (AvgIpc) is 3.05. The van der Waals surface area contributed by atoms with Gasteiger partial charge in [0.2, 0.25) is 5.91 Å². The minimum atomic E-state index is -0.825. The Morgan fingerprint density at radius 3 is 2.92 bits per heavy atom. The maximum Gasteiger partial charge on any atom is 0.435 e. The van der Waals surface area contributed by atoms with Crippen LogP contribution in [0.1, 0.15) is 28.6 Å². The van der Waals surface area contributed by atoms with Crippen molar-refractivity contribution in [3.63, 3.8) is 0 Å². The standard InChI is InChI=1S/C14H13N5O4S/c1-7(20)19-4-3-8-9(5-15)13(24-10(8)6-19)16-12(21)11-14(22)23-17-18(11)2/h3-4,6H2,1-2H3,(H-,16,17,21,22). The highest BCUT2D eigenvalue weighted by molar-refractivity contribution is 7.16. The van der Waals surface area contributed by atoms with E-state index in [9.17, 15) is 20.0 Å². The van der Waals surface area contributed by atoms with Crippen LogP contribution in [0.2, 0.25) is 0 Å². The summed E-state index contributed by atoms with van der Waals surface area (Å²) in [6.07, 6.45) is 0.540. The zero-order valence-corrected chi connectivity index (χ0v) is 13.8. The molecule has 24 heavy (non-hydrogen) atoms. The van der Waals surface area contributed by atoms with Crippen LogP contribution in [0.15, 0.2) is 14.3 Å². The summed E-state index contributed by atoms with van der Waals surface area (Å²) < 4.78 is 5.66. The number of aromatic nitrogens is 2. The lowest BCUT2D eigenvalue weighted by molar-refractivity contribution is -0.742. The number of hydrogen-bond acceptors (Lipinski definition) is 7. The zero-order chi connectivity index (χ0) is 17.4. The van der Waals surface area contributed by atoms with Crippen LogP contribution < -0.4 is 15.4 Å². The molecule has 124 valence electrons. The van der Waals surface area contributed by atoms with Gasteiger partial charge in [0.05, 0.1) is 18.0 Å². The van der Waals surface area contributed by atoms with Crippen molar-refractivity contribution in [1.29, 1.82) is 5.26 Å². The third-order valence-electron chi connectivity index (χ3n) is 3.81. The minimum absolute atomic E-state index is 0.0425. The Kier molecular flexibility index (Phi) is 3.94. The van der Waals surface area contributed by atoms with Crippen LogP contribution in [0.5, 0.6) is 0 Å². The lowest BCUT2D eigenvalue weighted by Crippen LogP contribution is -2.43. The second-order valence-corrected chi connectivity index (χ2v) is 6.38. The predicted molar refractivity (Wildman–Crippen MR) is 80.5 cm³/mol. The summed E-state index contributed by atoms with van der Waals surface area (Å²) >= 11 is 1.19. The highest BCUT2D eigenvalue weighted by Crippen LogP contribution is 2.38. The van der Waals surface area contributed by atoms with E-state index in [0.717, 1.165) is 15.1 Å². The molecule has 1 amide bonds. The van der Waals surface area contributed by atoms with Gasteiger partial charge in [0.15, 0.2) is 7.05 Å². The van der Waals surface area contributed by atoms with Crippen molar-refractivity contribution in [1.82, 2.24) is 10.2 Å². The molecule has 10 heteroatoms. The first-order chi connectivity index (χ1) is 11.4. The SMILES string of the molecule is CC(=O)N1CCc2c(sc(/N=C(\[O-])c3c(=O)o[nH][n+]3C)c2C#N)C1. The Morgan fingerprint density at radius 1 is 1.58 bits per heavy atom. The van der Waals surface area contributed by atoms with Crippen molar-refractivity contribution >= 4 is 28.1 Å². The molecule has 0 aliphatic carbocycles. The Balaban J connectivity index is 2.04. The number of carbonyl (C=O) groups excluding carboxylic acids is 1. The molecule has 0 fully saturated rings. The molecular formula is C14H13N5O4S. The van der Waals surface area contributed by atoms with E-state index in [4.69, 9.17) is 0 Å². The molecule has 3 heterocycles. The van der Waals surface area contributed by atoms with Gasteiger partial charge in [0, 0.05) is 18.3 Å². The molecule has 0 radical (unpaired) electrons. The first kappa shape index (κ1) is 15.9. The predicted octanol–water partition coefficient (Wildman–Crippen LogP) is -0.931. The summed E-state index contributed by atoms with van der Waals surface area (Å²) in [4.78, 5) is 29.5. The monoisotopic (exact) mass is 347 g/mol. The van der Waals surface area contributed by atoms with Crippen molar-refractivity contribution in [3.8, 4) is 6.07 Å². The molecule has 0 saturated heterocycles. The Bertz CT molecular complexity index is 946. The molecular weight excluding hydrogens is 334 g/mol. The van der Waals surface area contributed by atoms with Crippen molar-refractivity contribution in [2.24, 2.45) is 12.0 Å². The minimum Gasteiger partial charge on any atom is -0.854 e. The van der Waals surface area contributed by atoms with Gasteiger partial charge >= 0.3 is 11.3 Å². The molecule has 0 unspecified atom stereocenters. The van der Waals surface area contributed by atoms with E-state index in [2.05, 4.69) is 20.9 Å². The third kappa shape index (κ3) is 2.59. The Hall–Kier alpha value is -2.93. The topological polar surface area (TPSA) is 129 Å². The van der Waals surface area contributed by atoms with Gasteiger partial charge in [-0.05, 0) is 17.3 Å². The summed E-state index contributed by atoms with van der Waals surface area (Å²) in [6, 6.07) is 2.07. The number of nitriles is 1. The summed E-state index contributed by atoms with van der Waals surface area (Å²) in [5.41, 5.74) is 0.0654. The maximum absolute atomic E-state index is 12.2. The van der Waals surface area contributed by atoms with Crippen LogP contribution in [0.4, 0.5) is 5.00 Å². The van der Waals surface area contributed by atoms with Crippen LogP contribution in [0, 0.1) is 11.3 Å². The molecule has 2 aromatic rings. The van der Waals surface area contributed by atoms with Gasteiger partial charge in [0.25, 0.3) is 0 Å². The van der Waals surface area contributed by atoms with Gasteiger partial charge in [-0.15, -0.1) is 11.3 Å². The molecule has 0 spiro atoms. The second-order valence-electron chi connectivity index (χ2n) is 5.29. The van der Waals surface area contributed by atoms with E-state index in [1.807, 2.05) is 0 Å². The van der Waals surface area contributed by atoms with Gasteiger partial charge in [-0.2, -0.15) is 5.26 Å². The molecule has 1 aliphatic rings. The van der Waals surface area contributed by atoms with Gasteiger partial charge in [-0.3, -0.25) is 9.32 Å². The van der Waals surface area contributed by atoms with Crippen molar-refractivity contribution in [2.75, 3.05) is 6.54 Å². The van der Waals surface area contributed by atoms with E-state index in [1.54, 1.807) is 4.90 Å². The summed E-state index contributed by atoms with van der Waals surface area (Å²) in [5.74, 6) is -0.829. The van der Waals surface area contributed by atoms with E-state index < -0.39 is 11.5 Å². The number of fused-ring (bicyclic) bond motifs is 1. The number of carbonyl (C=O) groups is 1. The largest absolute Gasteiger partial charge is 0.854 e. The number of nitrogens with one attached hydrogen (secondary N) is 1. The maximum atomic E-state index is 12.2. The summed E-state index contributed by atoms with van der Waals surface area (Å²) in [7, 11) is 1.45. The number of aryl methyl sites for hydroxylation is 1. The van der Waals surface area contributed by atoms with Crippen molar-refractivity contribution < 1.29 is 19.1 Å². The summed E-state index contributed by atoms with van der Waals surface area (Å²) in [5, 5.41) is 24.1. The average molecular weight is 347 g/mol. The van der Waals surface area contributed by atoms with Gasteiger partial charge in [0.1, 0.15) is 11.1 Å². The lowest BCUT2D eigenvalue weighted by Gasteiger charge is -2.25. The van der Waals surface area contributed by atoms with Crippen molar-refractivity contribution in [3.05, 3.63) is 32.1 Å². The van der Waals surface area contributed by atoms with Crippen LogP contribution >= 0.6 is 11.3 Å². The number of nitrogens with zero attached hydrogens (tertiary/aromatic N) is 4. The fourth-order valence-corrected chi connectivity index (χ4v) is 3.75. The number of amides is 1. The quantitative estimate of drug-likeness (QED) is 0.426. The first-order valence-corrected chi connectivity index (χ1v) is 7.87. The summed E-state index contributed by atoms with van der Waals surface area (Å²) in [6.45, 7) is 2.41. The molecule has 0 aromatic carbocycles. The van der Waals surface area contributed by atoms with Crippen LogP contribution in [0.3, 0.4) is 0 Å². The Morgan fingerprint density at radius 2 is 2.33 bits per heavy atom. The number of hydrogen-bond donors (Lipinski definition) is 1. The molecule has 0 bridgehead atoms. The van der Waals surface area contributed by atoms with Crippen molar-refractivity contribution in [2.45, 2.75) is 19.9 Å². The van der Waals surface area contributed by atoms with E-state index in [-0.39, 0.29) is 16.6 Å². The van der Waals surface area contributed by atoms with Crippen LogP contribution in [-0.4, -0.2) is 28.5 Å². The number of thiophene rings is 1. The zero-order valence-electron chi connectivity index (χ0n) is 13.0. The molecule has 0 saturated carbocycles. The molecule has 1 aliphatic heterocycles. The van der Waals surface area contributed by atoms with E-state index in [1.165, 1.54) is 25.3 Å². The lowest BCUT2D eigenvalue weighted by atomic mass is 10.0. The Labute approximate surface area is 140 Å². The van der Waals surface area contributed by atoms with Gasteiger partial charge in [-0.1, -0.05) is 4.68 Å². The number of H-pyrrole nitrogens is 1. The second kappa shape index (κ2) is 5.93. The van der Waals surface area contributed by atoms with Crippen LogP contribution in [0.25, 0.3) is 0 Å². The highest BCUT2D eigenvalue weighted by atomic mass is 32.1. The normalized spacial score (nSPS) is 14.4. The molecule has 3 rings (SSSR count). The molecule has 1 N–H and O–H groups in total. The van der Waals surface area contributed by atoms with E-state index >= 15 is 0 Å².